The van der Waals surface area contributed by atoms with Gasteiger partial charge in [-0.15, -0.1) is 0 Å². The molecule has 3 unspecified atom stereocenters. The highest BCUT2D eigenvalue weighted by Gasteiger charge is 2.49. The molecule has 1 aliphatic carbocycles. The number of carbonyl (C=O) groups is 1. The van der Waals surface area contributed by atoms with Gasteiger partial charge >= 0.3 is 0 Å². The van der Waals surface area contributed by atoms with Crippen LogP contribution in [0.3, 0.4) is 0 Å². The summed E-state index contributed by atoms with van der Waals surface area (Å²) in [5.74, 6) is -0.0579. The van der Waals surface area contributed by atoms with E-state index < -0.39 is 0 Å². The maximum Gasteiger partial charge on any atom is 0.224 e. The van der Waals surface area contributed by atoms with Gasteiger partial charge in [0.05, 0.1) is 6.10 Å². The van der Waals surface area contributed by atoms with Crippen molar-refractivity contribution in [2.75, 3.05) is 13.2 Å². The number of nitrogens with one attached hydrogen (secondary N) is 1. The Morgan fingerprint density at radius 1 is 1.62 bits per heavy atom. The molecule has 1 fully saturated rings. The lowest BCUT2D eigenvalue weighted by Gasteiger charge is -2.51. The van der Waals surface area contributed by atoms with E-state index in [9.17, 15) is 4.79 Å². The summed E-state index contributed by atoms with van der Waals surface area (Å²) in [5, 5.41) is 3.05. The van der Waals surface area contributed by atoms with E-state index in [4.69, 9.17) is 10.5 Å². The number of ether oxygens (including phenoxy) is 1. The lowest BCUT2D eigenvalue weighted by atomic mass is 9.64. The van der Waals surface area contributed by atoms with Crippen LogP contribution in [0.2, 0.25) is 0 Å². The highest BCUT2D eigenvalue weighted by molar-refractivity contribution is 5.79. The molecule has 0 saturated heterocycles. The van der Waals surface area contributed by atoms with Crippen LogP contribution in [0.1, 0.15) is 34.1 Å². The van der Waals surface area contributed by atoms with Crippen molar-refractivity contribution in [2.24, 2.45) is 17.1 Å². The fraction of sp³-hybridized carbons (Fsp3) is 0.917. The summed E-state index contributed by atoms with van der Waals surface area (Å²) in [5.41, 5.74) is 5.49. The van der Waals surface area contributed by atoms with Crippen LogP contribution in [0.15, 0.2) is 0 Å². The second-order valence-corrected chi connectivity index (χ2v) is 5.20. The molecule has 0 spiro atoms. The van der Waals surface area contributed by atoms with Gasteiger partial charge in [0.25, 0.3) is 0 Å². The molecule has 1 saturated carbocycles. The van der Waals surface area contributed by atoms with Gasteiger partial charge < -0.3 is 15.8 Å². The third kappa shape index (κ3) is 2.55. The van der Waals surface area contributed by atoms with E-state index in [0.717, 1.165) is 13.0 Å². The third-order valence-electron chi connectivity index (χ3n) is 3.66. The van der Waals surface area contributed by atoms with Crippen LogP contribution in [0, 0.1) is 11.3 Å². The fourth-order valence-corrected chi connectivity index (χ4v) is 2.04. The number of hydrogen-bond acceptors (Lipinski definition) is 3. The van der Waals surface area contributed by atoms with Crippen molar-refractivity contribution in [1.29, 1.82) is 0 Å². The minimum absolute atomic E-state index is 0.0278. The quantitative estimate of drug-likeness (QED) is 0.735. The summed E-state index contributed by atoms with van der Waals surface area (Å²) in [7, 11) is 0. The molecule has 0 aromatic carbocycles. The molecule has 0 aromatic rings. The van der Waals surface area contributed by atoms with Crippen molar-refractivity contribution in [2.45, 2.75) is 46.3 Å². The molecule has 0 radical (unpaired) electrons. The van der Waals surface area contributed by atoms with Gasteiger partial charge in [-0.05, 0) is 13.3 Å². The Bertz CT molecular complexity index is 253. The molecule has 0 aliphatic heterocycles. The highest BCUT2D eigenvalue weighted by atomic mass is 16.5. The number of nitrogens with two attached hydrogens (primary N) is 1. The molecule has 3 N–H and O–H groups in total. The SMILES string of the molecule is CCOC1CC(NC(=O)C(C)CN)C1(C)C. The standard InChI is InChI=1S/C12H24N2O2/c1-5-16-10-6-9(12(10,3)4)14-11(15)8(2)7-13/h8-10H,5-7,13H2,1-4H3,(H,14,15). The first-order chi connectivity index (χ1) is 7.43. The van der Waals surface area contributed by atoms with Crippen LogP contribution in [-0.4, -0.2) is 31.2 Å². The Morgan fingerprint density at radius 2 is 2.25 bits per heavy atom. The van der Waals surface area contributed by atoms with E-state index >= 15 is 0 Å². The largest absolute Gasteiger partial charge is 0.378 e. The molecule has 16 heavy (non-hydrogen) atoms. The van der Waals surface area contributed by atoms with Crippen molar-refractivity contribution >= 4 is 5.91 Å². The molecule has 1 aliphatic rings. The lowest BCUT2D eigenvalue weighted by molar-refractivity contribution is -0.139. The van der Waals surface area contributed by atoms with E-state index in [1.807, 2.05) is 13.8 Å². The molecule has 1 amide bonds. The van der Waals surface area contributed by atoms with Gasteiger partial charge in [-0.1, -0.05) is 20.8 Å². The van der Waals surface area contributed by atoms with E-state index in [0.29, 0.717) is 6.54 Å². The molecule has 1 rings (SSSR count). The Morgan fingerprint density at radius 3 is 2.69 bits per heavy atom. The number of hydrogen-bond donors (Lipinski definition) is 2. The fourth-order valence-electron chi connectivity index (χ4n) is 2.04. The van der Waals surface area contributed by atoms with Gasteiger partial charge in [0.1, 0.15) is 0 Å². The van der Waals surface area contributed by atoms with Gasteiger partial charge in [-0.3, -0.25) is 4.79 Å². The Hall–Kier alpha value is -0.610. The first-order valence-corrected chi connectivity index (χ1v) is 6.05. The van der Waals surface area contributed by atoms with Crippen LogP contribution >= 0.6 is 0 Å². The summed E-state index contributed by atoms with van der Waals surface area (Å²) in [4.78, 5) is 11.7. The van der Waals surface area contributed by atoms with E-state index in [2.05, 4.69) is 19.2 Å². The summed E-state index contributed by atoms with van der Waals surface area (Å²) >= 11 is 0. The van der Waals surface area contributed by atoms with E-state index in [1.165, 1.54) is 0 Å². The monoisotopic (exact) mass is 228 g/mol. The van der Waals surface area contributed by atoms with Gasteiger partial charge in [-0.2, -0.15) is 0 Å². The number of carbonyl (C=O) groups excluding carboxylic acids is 1. The zero-order valence-corrected chi connectivity index (χ0v) is 10.7. The minimum Gasteiger partial charge on any atom is -0.378 e. The average molecular weight is 228 g/mol. The summed E-state index contributed by atoms with van der Waals surface area (Å²) in [6.45, 7) is 9.24. The predicted molar refractivity (Wildman–Crippen MR) is 64.0 cm³/mol. The Kier molecular flexibility index (Phi) is 4.33. The summed E-state index contributed by atoms with van der Waals surface area (Å²) < 4.78 is 5.62. The minimum atomic E-state index is -0.109. The zero-order chi connectivity index (χ0) is 12.3. The molecule has 4 nitrogen and oxygen atoms in total. The Labute approximate surface area is 97.9 Å². The zero-order valence-electron chi connectivity index (χ0n) is 10.7. The van der Waals surface area contributed by atoms with Gasteiger partial charge in [0.2, 0.25) is 5.91 Å². The maximum absolute atomic E-state index is 11.7. The van der Waals surface area contributed by atoms with Crippen LogP contribution in [0.4, 0.5) is 0 Å². The molecule has 3 atom stereocenters. The van der Waals surface area contributed by atoms with Gasteiger partial charge in [-0.25, -0.2) is 0 Å². The second kappa shape index (κ2) is 5.15. The summed E-state index contributed by atoms with van der Waals surface area (Å²) in [6.07, 6.45) is 1.17. The van der Waals surface area contributed by atoms with Crippen molar-refractivity contribution < 1.29 is 9.53 Å². The smallest absolute Gasteiger partial charge is 0.224 e. The lowest BCUT2D eigenvalue weighted by Crippen LogP contribution is -2.62. The first-order valence-electron chi connectivity index (χ1n) is 6.05. The Balaban J connectivity index is 2.44. The van der Waals surface area contributed by atoms with Crippen LogP contribution < -0.4 is 11.1 Å². The van der Waals surface area contributed by atoms with Crippen LogP contribution in [0.25, 0.3) is 0 Å². The molecular formula is C12H24N2O2. The molecule has 94 valence electrons. The van der Waals surface area contributed by atoms with Gasteiger partial charge in [0, 0.05) is 30.5 Å². The predicted octanol–water partition coefficient (Wildman–Crippen LogP) is 0.901. The average Bonchev–Trinajstić information content (AvgIpc) is 2.26. The van der Waals surface area contributed by atoms with Crippen molar-refractivity contribution in [3.8, 4) is 0 Å². The molecule has 4 heteroatoms. The van der Waals surface area contributed by atoms with Crippen molar-refractivity contribution in [3.63, 3.8) is 0 Å². The molecular weight excluding hydrogens is 204 g/mol. The van der Waals surface area contributed by atoms with Crippen molar-refractivity contribution in [3.05, 3.63) is 0 Å². The van der Waals surface area contributed by atoms with Crippen LogP contribution in [-0.2, 0) is 9.53 Å². The summed E-state index contributed by atoms with van der Waals surface area (Å²) in [6, 6.07) is 0.213. The highest BCUT2D eigenvalue weighted by Crippen LogP contribution is 2.42. The van der Waals surface area contributed by atoms with E-state index in [1.54, 1.807) is 0 Å². The maximum atomic E-state index is 11.7. The van der Waals surface area contributed by atoms with Crippen LogP contribution in [0.5, 0.6) is 0 Å². The van der Waals surface area contributed by atoms with E-state index in [-0.39, 0.29) is 29.4 Å². The molecule has 0 bridgehead atoms. The number of amides is 1. The number of rotatable bonds is 5. The normalized spacial score (nSPS) is 29.3. The first kappa shape index (κ1) is 13.5. The third-order valence-corrected chi connectivity index (χ3v) is 3.66. The second-order valence-electron chi connectivity index (χ2n) is 5.20. The topological polar surface area (TPSA) is 64.3 Å². The van der Waals surface area contributed by atoms with Gasteiger partial charge in [0.15, 0.2) is 0 Å². The molecule has 0 heterocycles. The molecule has 0 aromatic heterocycles. The van der Waals surface area contributed by atoms with Crippen molar-refractivity contribution in [1.82, 2.24) is 5.32 Å².